The van der Waals surface area contributed by atoms with Crippen LogP contribution >= 0.6 is 0 Å². The third-order valence-electron chi connectivity index (χ3n) is 3.06. The lowest BCUT2D eigenvalue weighted by Crippen LogP contribution is -2.81. The molecule has 0 saturated carbocycles. The molecule has 84 valence electrons. The van der Waals surface area contributed by atoms with Crippen LogP contribution in [0.2, 0.25) is 0 Å². The van der Waals surface area contributed by atoms with E-state index < -0.39 is 0 Å². The van der Waals surface area contributed by atoms with Crippen molar-refractivity contribution < 1.29 is 10.1 Å². The van der Waals surface area contributed by atoms with Crippen molar-refractivity contribution in [3.05, 3.63) is 30.0 Å². The largest absolute Gasteiger partial charge is 0.364 e. The standard InChI is InChI=1S/C12H15N3O/c1-13-8-11-12-9-4-2-3-5-10(9)14-15(12)6-7-16-11/h2-5,11,13H,6-8H2,1H3/p+1/t11-/m0/s1. The average Bonchev–Trinajstić information content (AvgIpc) is 2.68. The third-order valence-corrected chi connectivity index (χ3v) is 3.06. The van der Waals surface area contributed by atoms with Crippen molar-refractivity contribution in [1.82, 2.24) is 9.78 Å². The van der Waals surface area contributed by atoms with E-state index in [2.05, 4.69) is 40.3 Å². The number of fused-ring (bicyclic) bond motifs is 3. The molecule has 1 atom stereocenters. The Morgan fingerprint density at radius 2 is 2.38 bits per heavy atom. The molecule has 0 aliphatic carbocycles. The maximum absolute atomic E-state index is 5.82. The Bertz CT molecular complexity index is 506. The van der Waals surface area contributed by atoms with Crippen LogP contribution in [0.3, 0.4) is 0 Å². The van der Waals surface area contributed by atoms with Crippen LogP contribution in [0.5, 0.6) is 0 Å². The third kappa shape index (κ3) is 1.42. The van der Waals surface area contributed by atoms with Crippen LogP contribution in [0.15, 0.2) is 24.3 Å². The van der Waals surface area contributed by atoms with Crippen molar-refractivity contribution in [2.45, 2.75) is 12.6 Å². The first-order valence-electron chi connectivity index (χ1n) is 5.75. The molecule has 0 bridgehead atoms. The summed E-state index contributed by atoms with van der Waals surface area (Å²) in [4.78, 5) is 0. The second-order valence-corrected chi connectivity index (χ2v) is 4.13. The minimum atomic E-state index is 0.172. The molecule has 1 aromatic heterocycles. The summed E-state index contributed by atoms with van der Waals surface area (Å²) in [6.45, 7) is 2.58. The van der Waals surface area contributed by atoms with Gasteiger partial charge in [-0.3, -0.25) is 4.68 Å². The summed E-state index contributed by atoms with van der Waals surface area (Å²) in [7, 11) is 2.07. The second-order valence-electron chi connectivity index (χ2n) is 4.13. The van der Waals surface area contributed by atoms with Crippen molar-refractivity contribution in [2.75, 3.05) is 20.2 Å². The zero-order valence-corrected chi connectivity index (χ0v) is 9.39. The highest BCUT2D eigenvalue weighted by Gasteiger charge is 2.25. The zero-order valence-electron chi connectivity index (χ0n) is 9.39. The number of aromatic nitrogens is 2. The lowest BCUT2D eigenvalue weighted by molar-refractivity contribution is -0.635. The SMILES string of the molecule is C[NH2+]C[C@@H]1OCCn2nc3ccccc3c21. The number of hydrogen-bond acceptors (Lipinski definition) is 2. The molecule has 16 heavy (non-hydrogen) atoms. The smallest absolute Gasteiger partial charge is 0.148 e. The first-order chi connectivity index (χ1) is 7.90. The quantitative estimate of drug-likeness (QED) is 0.788. The van der Waals surface area contributed by atoms with Crippen molar-refractivity contribution in [2.24, 2.45) is 0 Å². The van der Waals surface area contributed by atoms with Gasteiger partial charge in [-0.15, -0.1) is 0 Å². The van der Waals surface area contributed by atoms with E-state index in [9.17, 15) is 0 Å². The van der Waals surface area contributed by atoms with Gasteiger partial charge in [0.05, 0.1) is 31.4 Å². The second kappa shape index (κ2) is 3.88. The van der Waals surface area contributed by atoms with E-state index in [1.54, 1.807) is 0 Å². The molecule has 2 aromatic rings. The molecule has 0 fully saturated rings. The molecule has 1 aliphatic rings. The van der Waals surface area contributed by atoms with Gasteiger partial charge in [0, 0.05) is 5.39 Å². The number of hydrogen-bond donors (Lipinski definition) is 1. The van der Waals surface area contributed by atoms with Crippen molar-refractivity contribution in [3.8, 4) is 0 Å². The molecule has 4 nitrogen and oxygen atoms in total. The zero-order chi connectivity index (χ0) is 11.0. The fraction of sp³-hybridized carbons (Fsp3) is 0.417. The summed E-state index contributed by atoms with van der Waals surface area (Å²) >= 11 is 0. The van der Waals surface area contributed by atoms with Gasteiger partial charge in [0.1, 0.15) is 12.6 Å². The van der Waals surface area contributed by atoms with E-state index in [0.29, 0.717) is 0 Å². The van der Waals surface area contributed by atoms with Crippen LogP contribution in [0.4, 0.5) is 0 Å². The molecule has 3 rings (SSSR count). The normalized spacial score (nSPS) is 19.9. The number of nitrogens with zero attached hydrogens (tertiary/aromatic N) is 2. The van der Waals surface area contributed by atoms with E-state index >= 15 is 0 Å². The fourth-order valence-electron chi connectivity index (χ4n) is 2.36. The summed E-state index contributed by atoms with van der Waals surface area (Å²) in [6.07, 6.45) is 0.172. The first kappa shape index (κ1) is 9.81. The summed E-state index contributed by atoms with van der Waals surface area (Å²) in [5, 5.41) is 7.99. The predicted octanol–water partition coefficient (Wildman–Crippen LogP) is 0.301. The van der Waals surface area contributed by atoms with Crippen LogP contribution in [0.25, 0.3) is 10.9 Å². The molecule has 0 saturated heterocycles. The Labute approximate surface area is 94.2 Å². The number of ether oxygens (including phenoxy) is 1. The molecule has 0 radical (unpaired) electrons. The topological polar surface area (TPSA) is 43.7 Å². The fourth-order valence-corrected chi connectivity index (χ4v) is 2.36. The summed E-state index contributed by atoms with van der Waals surface area (Å²) in [5.41, 5.74) is 2.31. The lowest BCUT2D eigenvalue weighted by Gasteiger charge is -2.22. The van der Waals surface area contributed by atoms with Crippen LogP contribution in [-0.4, -0.2) is 30.0 Å². The maximum atomic E-state index is 5.82. The van der Waals surface area contributed by atoms with Crippen LogP contribution < -0.4 is 5.32 Å². The van der Waals surface area contributed by atoms with Gasteiger partial charge in [-0.2, -0.15) is 5.10 Å². The number of quaternary nitrogens is 1. The van der Waals surface area contributed by atoms with Gasteiger partial charge in [-0.05, 0) is 6.07 Å². The van der Waals surface area contributed by atoms with Gasteiger partial charge in [0.25, 0.3) is 0 Å². The van der Waals surface area contributed by atoms with Gasteiger partial charge in [-0.1, -0.05) is 18.2 Å². The van der Waals surface area contributed by atoms with Crippen LogP contribution in [0, 0.1) is 0 Å². The Kier molecular flexibility index (Phi) is 2.38. The molecule has 1 aliphatic heterocycles. The molecule has 0 amide bonds. The van der Waals surface area contributed by atoms with Gasteiger partial charge in [0.15, 0.2) is 0 Å². The Balaban J connectivity index is 2.16. The molecule has 4 heteroatoms. The highest BCUT2D eigenvalue weighted by molar-refractivity contribution is 5.81. The van der Waals surface area contributed by atoms with Crippen LogP contribution in [-0.2, 0) is 11.3 Å². The van der Waals surface area contributed by atoms with Crippen molar-refractivity contribution in [3.63, 3.8) is 0 Å². The highest BCUT2D eigenvalue weighted by Crippen LogP contribution is 2.28. The van der Waals surface area contributed by atoms with Gasteiger partial charge in [0.2, 0.25) is 0 Å². The average molecular weight is 218 g/mol. The molecule has 0 unspecified atom stereocenters. The highest BCUT2D eigenvalue weighted by atomic mass is 16.5. The molecule has 2 N–H and O–H groups in total. The molecule has 1 aromatic carbocycles. The van der Waals surface area contributed by atoms with Gasteiger partial charge < -0.3 is 10.1 Å². The maximum Gasteiger partial charge on any atom is 0.148 e. The number of rotatable bonds is 2. The Morgan fingerprint density at radius 1 is 1.50 bits per heavy atom. The van der Waals surface area contributed by atoms with E-state index in [4.69, 9.17) is 4.74 Å². The monoisotopic (exact) mass is 218 g/mol. The molecular formula is C12H16N3O+. The number of benzene rings is 1. The Morgan fingerprint density at radius 3 is 3.25 bits per heavy atom. The van der Waals surface area contributed by atoms with E-state index in [0.717, 1.165) is 25.2 Å². The van der Waals surface area contributed by atoms with E-state index in [1.165, 1.54) is 11.1 Å². The summed E-state index contributed by atoms with van der Waals surface area (Å²) in [6, 6.07) is 8.29. The minimum Gasteiger partial charge on any atom is -0.364 e. The van der Waals surface area contributed by atoms with Gasteiger partial charge >= 0.3 is 0 Å². The first-order valence-corrected chi connectivity index (χ1v) is 5.75. The molecule has 2 heterocycles. The van der Waals surface area contributed by atoms with E-state index in [-0.39, 0.29) is 6.10 Å². The Hall–Kier alpha value is -1.39. The minimum absolute atomic E-state index is 0.172. The number of nitrogens with two attached hydrogens (primary N) is 1. The lowest BCUT2D eigenvalue weighted by atomic mass is 10.1. The van der Waals surface area contributed by atoms with Gasteiger partial charge in [-0.25, -0.2) is 0 Å². The van der Waals surface area contributed by atoms with Crippen molar-refractivity contribution in [1.29, 1.82) is 0 Å². The van der Waals surface area contributed by atoms with E-state index in [1.807, 2.05) is 6.07 Å². The molecular weight excluding hydrogens is 202 g/mol. The number of likely N-dealkylation sites (N-methyl/N-ethyl adjacent to an activating group) is 1. The predicted molar refractivity (Wildman–Crippen MR) is 61.1 cm³/mol. The molecule has 0 spiro atoms. The summed E-state index contributed by atoms with van der Waals surface area (Å²) < 4.78 is 7.92. The summed E-state index contributed by atoms with van der Waals surface area (Å²) in [5.74, 6) is 0. The van der Waals surface area contributed by atoms with Crippen LogP contribution in [0.1, 0.15) is 11.8 Å². The van der Waals surface area contributed by atoms with Crippen molar-refractivity contribution >= 4 is 10.9 Å².